The number of nitrogens with one attached hydrogen (secondary N) is 2. The van der Waals surface area contributed by atoms with Gasteiger partial charge in [0.15, 0.2) is 5.96 Å². The van der Waals surface area contributed by atoms with Gasteiger partial charge in [-0.25, -0.2) is 4.39 Å². The number of amides is 1. The smallest absolute Gasteiger partial charge is 0.223 e. The second-order valence-electron chi connectivity index (χ2n) is 7.39. The van der Waals surface area contributed by atoms with Crippen molar-refractivity contribution in [3.8, 4) is 5.75 Å². The summed E-state index contributed by atoms with van der Waals surface area (Å²) in [5, 5.41) is 6.40. The van der Waals surface area contributed by atoms with Crippen molar-refractivity contribution in [3.05, 3.63) is 65.5 Å². The summed E-state index contributed by atoms with van der Waals surface area (Å²) in [7, 11) is 1.69. The third kappa shape index (κ3) is 6.20. The summed E-state index contributed by atoms with van der Waals surface area (Å²) in [6.07, 6.45) is 1.06. The van der Waals surface area contributed by atoms with Crippen LogP contribution in [0.3, 0.4) is 0 Å². The Labute approximate surface area is 177 Å². The van der Waals surface area contributed by atoms with Crippen LogP contribution in [0.1, 0.15) is 30.9 Å². The molecule has 0 spiro atoms. The molecule has 2 N–H and O–H groups in total. The van der Waals surface area contributed by atoms with Crippen molar-refractivity contribution in [3.63, 3.8) is 0 Å². The maximum absolute atomic E-state index is 13.2. The Morgan fingerprint density at radius 1 is 1.17 bits per heavy atom. The Hall–Kier alpha value is -3.09. The molecule has 2 aromatic carbocycles. The van der Waals surface area contributed by atoms with E-state index in [1.165, 1.54) is 23.3 Å². The van der Waals surface area contributed by atoms with Crippen molar-refractivity contribution < 1.29 is 13.9 Å². The van der Waals surface area contributed by atoms with Crippen molar-refractivity contribution in [1.29, 1.82) is 0 Å². The first-order valence-electron chi connectivity index (χ1n) is 10.3. The fraction of sp³-hybridized carbons (Fsp3) is 0.391. The second kappa shape index (κ2) is 10.6. The topological polar surface area (TPSA) is 66.0 Å². The molecule has 0 bridgehead atoms. The largest absolute Gasteiger partial charge is 0.489 e. The standard InChI is InChI=1S/C23H29FN4O2/c1-17(30-21-10-5-9-20(24)13-21)14-27-23(25-2)26-12-6-11-22(29)28-15-18-7-3-4-8-19(18)16-28/h3-5,7-10,13,17H,6,11-12,14-16H2,1-2H3,(H2,25,26,27). The van der Waals surface area contributed by atoms with Crippen molar-refractivity contribution >= 4 is 11.9 Å². The number of nitrogens with zero attached hydrogens (tertiary/aromatic N) is 2. The lowest BCUT2D eigenvalue weighted by molar-refractivity contribution is -0.131. The molecule has 30 heavy (non-hydrogen) atoms. The molecule has 0 saturated heterocycles. The third-order valence-corrected chi connectivity index (χ3v) is 4.97. The van der Waals surface area contributed by atoms with Gasteiger partial charge in [-0.3, -0.25) is 9.79 Å². The summed E-state index contributed by atoms with van der Waals surface area (Å²) in [6, 6.07) is 14.3. The molecule has 1 aliphatic heterocycles. The fourth-order valence-electron chi connectivity index (χ4n) is 3.39. The van der Waals surface area contributed by atoms with E-state index in [9.17, 15) is 9.18 Å². The van der Waals surface area contributed by atoms with Gasteiger partial charge in [-0.05, 0) is 36.6 Å². The Morgan fingerprint density at radius 3 is 2.57 bits per heavy atom. The predicted octanol–water partition coefficient (Wildman–Crippen LogP) is 3.08. The lowest BCUT2D eigenvalue weighted by Gasteiger charge is -2.18. The van der Waals surface area contributed by atoms with Gasteiger partial charge >= 0.3 is 0 Å². The average Bonchev–Trinajstić information content (AvgIpc) is 3.17. The molecule has 7 heteroatoms. The second-order valence-corrected chi connectivity index (χ2v) is 7.39. The predicted molar refractivity (Wildman–Crippen MR) is 116 cm³/mol. The maximum atomic E-state index is 13.2. The van der Waals surface area contributed by atoms with Gasteiger partial charge in [-0.1, -0.05) is 30.3 Å². The van der Waals surface area contributed by atoms with Gasteiger partial charge in [0, 0.05) is 39.2 Å². The number of hydrogen-bond donors (Lipinski definition) is 2. The maximum Gasteiger partial charge on any atom is 0.223 e. The molecule has 0 aromatic heterocycles. The van der Waals surface area contributed by atoms with Crippen LogP contribution in [0.2, 0.25) is 0 Å². The molecule has 0 aliphatic carbocycles. The fourth-order valence-corrected chi connectivity index (χ4v) is 3.39. The summed E-state index contributed by atoms with van der Waals surface area (Å²) in [6.45, 7) is 4.47. The van der Waals surface area contributed by atoms with Crippen LogP contribution in [-0.4, -0.2) is 43.0 Å². The highest BCUT2D eigenvalue weighted by atomic mass is 19.1. The molecule has 0 saturated carbocycles. The van der Waals surface area contributed by atoms with E-state index in [-0.39, 0.29) is 17.8 Å². The number of rotatable bonds is 8. The van der Waals surface area contributed by atoms with E-state index in [0.717, 1.165) is 6.42 Å². The Morgan fingerprint density at radius 2 is 1.90 bits per heavy atom. The monoisotopic (exact) mass is 412 g/mol. The lowest BCUT2D eigenvalue weighted by atomic mass is 10.1. The van der Waals surface area contributed by atoms with E-state index < -0.39 is 0 Å². The Bertz CT molecular complexity index is 862. The van der Waals surface area contributed by atoms with Crippen molar-refractivity contribution in [2.75, 3.05) is 20.1 Å². The zero-order valence-electron chi connectivity index (χ0n) is 17.5. The van der Waals surface area contributed by atoms with Crippen molar-refractivity contribution in [2.45, 2.75) is 39.0 Å². The molecular formula is C23H29FN4O2. The molecule has 0 fully saturated rings. The molecule has 1 amide bonds. The summed E-state index contributed by atoms with van der Waals surface area (Å²) in [5.41, 5.74) is 2.48. The van der Waals surface area contributed by atoms with Crippen LogP contribution in [0.4, 0.5) is 4.39 Å². The zero-order chi connectivity index (χ0) is 21.3. The highest BCUT2D eigenvalue weighted by Crippen LogP contribution is 2.22. The molecule has 1 heterocycles. The van der Waals surface area contributed by atoms with Crippen molar-refractivity contribution in [2.24, 2.45) is 4.99 Å². The van der Waals surface area contributed by atoms with E-state index in [2.05, 4.69) is 27.8 Å². The molecule has 1 unspecified atom stereocenters. The van der Waals surface area contributed by atoms with E-state index in [1.54, 1.807) is 19.2 Å². The van der Waals surface area contributed by atoms with E-state index in [1.807, 2.05) is 24.0 Å². The van der Waals surface area contributed by atoms with Crippen LogP contribution in [0.25, 0.3) is 0 Å². The lowest BCUT2D eigenvalue weighted by Crippen LogP contribution is -2.42. The van der Waals surface area contributed by atoms with Gasteiger partial charge in [0.2, 0.25) is 5.91 Å². The number of guanidine groups is 1. The molecular weight excluding hydrogens is 383 g/mol. The number of aliphatic imine (C=N–C) groups is 1. The first kappa shape index (κ1) is 21.6. The number of benzene rings is 2. The molecule has 6 nitrogen and oxygen atoms in total. The summed E-state index contributed by atoms with van der Waals surface area (Å²) in [4.78, 5) is 18.5. The van der Waals surface area contributed by atoms with Gasteiger partial charge in [0.25, 0.3) is 0 Å². The first-order chi connectivity index (χ1) is 14.5. The minimum absolute atomic E-state index is 0.163. The zero-order valence-corrected chi connectivity index (χ0v) is 17.5. The van der Waals surface area contributed by atoms with Crippen LogP contribution in [0.5, 0.6) is 5.75 Å². The quantitative estimate of drug-likeness (QED) is 0.397. The molecule has 160 valence electrons. The minimum atomic E-state index is -0.322. The van der Waals surface area contributed by atoms with Crippen LogP contribution >= 0.6 is 0 Å². The van der Waals surface area contributed by atoms with E-state index in [4.69, 9.17) is 4.74 Å². The van der Waals surface area contributed by atoms with Crippen LogP contribution in [-0.2, 0) is 17.9 Å². The SMILES string of the molecule is CN=C(NCCCC(=O)N1Cc2ccccc2C1)NCC(C)Oc1cccc(F)c1. The average molecular weight is 413 g/mol. The number of hydrogen-bond acceptors (Lipinski definition) is 3. The number of halogens is 1. The van der Waals surface area contributed by atoms with Gasteiger partial charge in [0.05, 0.1) is 6.54 Å². The molecule has 0 radical (unpaired) electrons. The Balaban J connectivity index is 1.32. The van der Waals surface area contributed by atoms with Crippen LogP contribution in [0.15, 0.2) is 53.5 Å². The van der Waals surface area contributed by atoms with Gasteiger partial charge in [0.1, 0.15) is 17.7 Å². The molecule has 3 rings (SSSR count). The normalized spacial score (nSPS) is 14.2. The molecule has 1 atom stereocenters. The number of ether oxygens (including phenoxy) is 1. The summed E-state index contributed by atoms with van der Waals surface area (Å²) in [5.74, 6) is 0.992. The number of carbonyl (C=O) groups is 1. The summed E-state index contributed by atoms with van der Waals surface area (Å²) >= 11 is 0. The van der Waals surface area contributed by atoms with Gasteiger partial charge < -0.3 is 20.3 Å². The van der Waals surface area contributed by atoms with E-state index >= 15 is 0 Å². The summed E-state index contributed by atoms with van der Waals surface area (Å²) < 4.78 is 18.9. The highest BCUT2D eigenvalue weighted by molar-refractivity contribution is 5.80. The minimum Gasteiger partial charge on any atom is -0.489 e. The van der Waals surface area contributed by atoms with Crippen molar-refractivity contribution in [1.82, 2.24) is 15.5 Å². The Kier molecular flexibility index (Phi) is 7.65. The number of fused-ring (bicyclic) bond motifs is 1. The van der Waals surface area contributed by atoms with Crippen LogP contribution in [0, 0.1) is 5.82 Å². The first-order valence-corrected chi connectivity index (χ1v) is 10.3. The third-order valence-electron chi connectivity index (χ3n) is 4.97. The highest BCUT2D eigenvalue weighted by Gasteiger charge is 2.22. The van der Waals surface area contributed by atoms with Gasteiger partial charge in [-0.15, -0.1) is 0 Å². The number of carbonyl (C=O) groups excluding carboxylic acids is 1. The van der Waals surface area contributed by atoms with E-state index in [0.29, 0.717) is 44.3 Å². The van der Waals surface area contributed by atoms with Crippen LogP contribution < -0.4 is 15.4 Å². The molecule has 2 aromatic rings. The molecule has 1 aliphatic rings. The van der Waals surface area contributed by atoms with Gasteiger partial charge in [-0.2, -0.15) is 0 Å².